The van der Waals surface area contributed by atoms with Crippen molar-refractivity contribution in [3.8, 4) is 11.8 Å². The molecule has 1 aromatic carbocycles. The monoisotopic (exact) mass is 401 g/mol. The van der Waals surface area contributed by atoms with E-state index in [2.05, 4.69) is 27.1 Å². The molecule has 1 aliphatic carbocycles. The van der Waals surface area contributed by atoms with E-state index < -0.39 is 0 Å². The standard InChI is InChI=1S/C23H23N5O2/c1-15(29)25-9-10-28-13-19(21-22(24)26-14-27-23(21)28)8-7-16-3-2-4-18(11-16)20(30)12-17-5-6-17/h2-4,11,13-14,17H,5-6,9-10,12H2,1H3,(H,25,29)(H2,24,26,27). The van der Waals surface area contributed by atoms with Gasteiger partial charge in [-0.3, -0.25) is 9.59 Å². The molecular weight excluding hydrogens is 378 g/mol. The minimum atomic E-state index is -0.0864. The van der Waals surface area contributed by atoms with E-state index >= 15 is 0 Å². The minimum Gasteiger partial charge on any atom is -0.383 e. The maximum atomic E-state index is 12.4. The average molecular weight is 401 g/mol. The summed E-state index contributed by atoms with van der Waals surface area (Å²) in [6.45, 7) is 2.49. The SMILES string of the molecule is CC(=O)NCCn1cc(C#Cc2cccc(C(=O)CC3CC3)c2)c2c(N)ncnc21. The van der Waals surface area contributed by atoms with Crippen LogP contribution in [0.25, 0.3) is 11.0 Å². The Labute approximate surface area is 174 Å². The van der Waals surface area contributed by atoms with Gasteiger partial charge >= 0.3 is 0 Å². The zero-order valence-corrected chi connectivity index (χ0v) is 16.8. The van der Waals surface area contributed by atoms with Gasteiger partial charge in [0.25, 0.3) is 0 Å². The highest BCUT2D eigenvalue weighted by Crippen LogP contribution is 2.33. The molecule has 2 aromatic heterocycles. The summed E-state index contributed by atoms with van der Waals surface area (Å²) in [5.41, 5.74) is 8.94. The third kappa shape index (κ3) is 4.49. The van der Waals surface area contributed by atoms with Gasteiger partial charge in [-0.25, -0.2) is 9.97 Å². The molecule has 0 radical (unpaired) electrons. The Bertz CT molecular complexity index is 1180. The van der Waals surface area contributed by atoms with Crippen LogP contribution < -0.4 is 11.1 Å². The van der Waals surface area contributed by atoms with Crippen LogP contribution in [-0.4, -0.2) is 32.8 Å². The van der Waals surface area contributed by atoms with Crippen molar-refractivity contribution >= 4 is 28.5 Å². The highest BCUT2D eigenvalue weighted by atomic mass is 16.1. The molecule has 1 saturated carbocycles. The zero-order chi connectivity index (χ0) is 21.1. The summed E-state index contributed by atoms with van der Waals surface area (Å²) in [7, 11) is 0. The molecule has 0 saturated heterocycles. The lowest BCUT2D eigenvalue weighted by molar-refractivity contribution is -0.118. The maximum absolute atomic E-state index is 12.4. The van der Waals surface area contributed by atoms with Gasteiger partial charge in [-0.2, -0.15) is 0 Å². The second-order valence-corrected chi connectivity index (χ2v) is 7.58. The van der Waals surface area contributed by atoms with Crippen LogP contribution in [0, 0.1) is 17.8 Å². The number of aromatic nitrogens is 3. The number of nitrogen functional groups attached to an aromatic ring is 1. The van der Waals surface area contributed by atoms with Gasteiger partial charge in [-0.1, -0.05) is 24.0 Å². The molecular formula is C23H23N5O2. The number of ketones is 1. The van der Waals surface area contributed by atoms with E-state index in [0.29, 0.717) is 53.4 Å². The summed E-state index contributed by atoms with van der Waals surface area (Å²) in [4.78, 5) is 31.9. The van der Waals surface area contributed by atoms with E-state index in [1.54, 1.807) is 0 Å². The van der Waals surface area contributed by atoms with Crippen molar-refractivity contribution in [3.05, 3.63) is 53.5 Å². The normalized spacial score (nSPS) is 13.0. The van der Waals surface area contributed by atoms with Crippen molar-refractivity contribution in [3.63, 3.8) is 0 Å². The molecule has 0 unspecified atom stereocenters. The third-order valence-corrected chi connectivity index (χ3v) is 5.11. The first-order valence-corrected chi connectivity index (χ1v) is 10.0. The molecule has 7 heteroatoms. The van der Waals surface area contributed by atoms with Gasteiger partial charge in [0.15, 0.2) is 5.78 Å². The van der Waals surface area contributed by atoms with Crippen molar-refractivity contribution < 1.29 is 9.59 Å². The van der Waals surface area contributed by atoms with Gasteiger partial charge in [0, 0.05) is 43.8 Å². The highest BCUT2D eigenvalue weighted by molar-refractivity contribution is 5.97. The number of amides is 1. The van der Waals surface area contributed by atoms with E-state index in [9.17, 15) is 9.59 Å². The van der Waals surface area contributed by atoms with Crippen molar-refractivity contribution in [1.29, 1.82) is 0 Å². The fraction of sp³-hybridized carbons (Fsp3) is 0.304. The number of rotatable bonds is 6. The molecule has 3 N–H and O–H groups in total. The number of hydrogen-bond acceptors (Lipinski definition) is 5. The molecule has 7 nitrogen and oxygen atoms in total. The lowest BCUT2D eigenvalue weighted by atomic mass is 10.0. The number of anilines is 1. The lowest BCUT2D eigenvalue weighted by Crippen LogP contribution is -2.24. The Kier molecular flexibility index (Phi) is 5.48. The molecule has 4 rings (SSSR count). The number of hydrogen-bond donors (Lipinski definition) is 2. The molecule has 30 heavy (non-hydrogen) atoms. The van der Waals surface area contributed by atoms with Crippen LogP contribution in [0.1, 0.15) is 47.7 Å². The number of nitrogens with two attached hydrogens (primary N) is 1. The summed E-state index contributed by atoms with van der Waals surface area (Å²) >= 11 is 0. The predicted molar refractivity (Wildman–Crippen MR) is 115 cm³/mol. The summed E-state index contributed by atoms with van der Waals surface area (Å²) in [6, 6.07) is 7.43. The number of benzene rings is 1. The van der Waals surface area contributed by atoms with Gasteiger partial charge in [0.1, 0.15) is 17.8 Å². The number of Topliss-reactive ketones (excluding diaryl/α,β-unsaturated/α-hetero) is 1. The Morgan fingerprint density at radius 2 is 2.10 bits per heavy atom. The molecule has 152 valence electrons. The second kappa shape index (κ2) is 8.37. The highest BCUT2D eigenvalue weighted by Gasteiger charge is 2.24. The molecule has 1 fully saturated rings. The second-order valence-electron chi connectivity index (χ2n) is 7.58. The molecule has 2 heterocycles. The first-order valence-electron chi connectivity index (χ1n) is 10.0. The number of nitrogens with zero attached hydrogens (tertiary/aromatic N) is 3. The Hall–Kier alpha value is -3.66. The van der Waals surface area contributed by atoms with Crippen LogP contribution in [-0.2, 0) is 11.3 Å². The molecule has 1 aliphatic rings. The number of carbonyl (C=O) groups excluding carboxylic acids is 2. The summed E-state index contributed by atoms with van der Waals surface area (Å²) in [5.74, 6) is 7.29. The van der Waals surface area contributed by atoms with Crippen LogP contribution in [0.5, 0.6) is 0 Å². The first-order chi connectivity index (χ1) is 14.5. The molecule has 0 spiro atoms. The van der Waals surface area contributed by atoms with Crippen molar-refractivity contribution in [2.24, 2.45) is 5.92 Å². The minimum absolute atomic E-state index is 0.0864. The van der Waals surface area contributed by atoms with Crippen molar-refractivity contribution in [2.45, 2.75) is 32.7 Å². The fourth-order valence-corrected chi connectivity index (χ4v) is 3.38. The molecule has 3 aromatic rings. The van der Waals surface area contributed by atoms with E-state index in [1.807, 2.05) is 35.0 Å². The summed E-state index contributed by atoms with van der Waals surface area (Å²) < 4.78 is 1.91. The molecule has 0 bridgehead atoms. The number of nitrogens with one attached hydrogen (secondary N) is 1. The van der Waals surface area contributed by atoms with Crippen LogP contribution in [0.4, 0.5) is 5.82 Å². The Morgan fingerprint density at radius 3 is 2.87 bits per heavy atom. The van der Waals surface area contributed by atoms with E-state index in [-0.39, 0.29) is 11.7 Å². The van der Waals surface area contributed by atoms with Crippen molar-refractivity contribution in [1.82, 2.24) is 19.9 Å². The topological polar surface area (TPSA) is 103 Å². The largest absolute Gasteiger partial charge is 0.383 e. The number of fused-ring (bicyclic) bond motifs is 1. The van der Waals surface area contributed by atoms with Gasteiger partial charge in [0.2, 0.25) is 5.91 Å². The van der Waals surface area contributed by atoms with E-state index in [4.69, 9.17) is 5.73 Å². The van der Waals surface area contributed by atoms with E-state index in [1.165, 1.54) is 13.3 Å². The third-order valence-electron chi connectivity index (χ3n) is 5.11. The van der Waals surface area contributed by atoms with Gasteiger partial charge in [0.05, 0.1) is 10.9 Å². The van der Waals surface area contributed by atoms with Gasteiger partial charge < -0.3 is 15.6 Å². The van der Waals surface area contributed by atoms with E-state index in [0.717, 1.165) is 18.4 Å². The van der Waals surface area contributed by atoms with Crippen molar-refractivity contribution in [2.75, 3.05) is 12.3 Å². The molecule has 0 atom stereocenters. The lowest BCUT2D eigenvalue weighted by Gasteiger charge is -2.04. The quantitative estimate of drug-likeness (QED) is 0.488. The summed E-state index contributed by atoms with van der Waals surface area (Å²) in [5, 5.41) is 3.46. The molecule has 0 aliphatic heterocycles. The molecule has 1 amide bonds. The average Bonchev–Trinajstić information content (AvgIpc) is 3.47. The first kappa shape index (κ1) is 19.6. The Balaban J connectivity index is 1.62. The Morgan fingerprint density at radius 1 is 1.27 bits per heavy atom. The van der Waals surface area contributed by atoms with Crippen LogP contribution in [0.2, 0.25) is 0 Å². The van der Waals surface area contributed by atoms with Gasteiger partial charge in [-0.15, -0.1) is 0 Å². The van der Waals surface area contributed by atoms with Crippen LogP contribution >= 0.6 is 0 Å². The fourth-order valence-electron chi connectivity index (χ4n) is 3.38. The predicted octanol–water partition coefficient (Wildman–Crippen LogP) is 2.53. The van der Waals surface area contributed by atoms with Crippen LogP contribution in [0.3, 0.4) is 0 Å². The maximum Gasteiger partial charge on any atom is 0.216 e. The van der Waals surface area contributed by atoms with Crippen LogP contribution in [0.15, 0.2) is 36.8 Å². The smallest absolute Gasteiger partial charge is 0.216 e. The number of carbonyl (C=O) groups is 2. The zero-order valence-electron chi connectivity index (χ0n) is 16.8. The summed E-state index contributed by atoms with van der Waals surface area (Å²) in [6.07, 6.45) is 6.21. The van der Waals surface area contributed by atoms with Gasteiger partial charge in [-0.05, 0) is 30.9 Å².